The van der Waals surface area contributed by atoms with Gasteiger partial charge in [-0.2, -0.15) is 0 Å². The van der Waals surface area contributed by atoms with Gasteiger partial charge in [-0.15, -0.1) is 5.10 Å². The maximum absolute atomic E-state index is 14.4. The number of rotatable bonds is 9. The van der Waals surface area contributed by atoms with Gasteiger partial charge < -0.3 is 10.5 Å². The molecule has 0 saturated carbocycles. The number of para-hydroxylation sites is 1. The van der Waals surface area contributed by atoms with E-state index in [2.05, 4.69) is 23.9 Å². The van der Waals surface area contributed by atoms with Crippen molar-refractivity contribution < 1.29 is 13.9 Å². The number of carbonyl (C=O) groups is 1. The number of nitrogens with two attached hydrogens (primary N) is 1. The smallest absolute Gasteiger partial charge is 0.288 e. The Morgan fingerprint density at radius 2 is 1.90 bits per heavy atom. The molecule has 1 amide bonds. The van der Waals surface area contributed by atoms with E-state index in [1.54, 1.807) is 18.2 Å². The molecular weight excluding hydrogens is 371 g/mol. The van der Waals surface area contributed by atoms with Crippen LogP contribution in [0, 0.1) is 5.82 Å². The van der Waals surface area contributed by atoms with Crippen LogP contribution < -0.4 is 5.73 Å². The molecule has 2 aromatic carbocycles. The Kier molecular flexibility index (Phi) is 6.72. The fraction of sp³-hybridized carbons (Fsp3) is 0.318. The summed E-state index contributed by atoms with van der Waals surface area (Å²) in [6, 6.07) is 13.7. The zero-order chi connectivity index (χ0) is 20.8. The summed E-state index contributed by atoms with van der Waals surface area (Å²) in [4.78, 5) is 15.9. The quantitative estimate of drug-likeness (QED) is 0.586. The monoisotopic (exact) mass is 396 g/mol. The summed E-state index contributed by atoms with van der Waals surface area (Å²) in [6.45, 7) is 4.59. The van der Waals surface area contributed by atoms with Crippen molar-refractivity contribution in [3.8, 4) is 17.1 Å². The van der Waals surface area contributed by atoms with E-state index in [9.17, 15) is 9.18 Å². The maximum atomic E-state index is 14.4. The Morgan fingerprint density at radius 1 is 1.17 bits per heavy atom. The molecule has 0 spiro atoms. The third-order valence-corrected chi connectivity index (χ3v) is 4.70. The number of amides is 1. The first-order valence-corrected chi connectivity index (χ1v) is 9.76. The summed E-state index contributed by atoms with van der Waals surface area (Å²) in [5.74, 6) is -1.19. The largest absolute Gasteiger partial charge is 0.373 e. The van der Waals surface area contributed by atoms with Crippen LogP contribution in [0.3, 0.4) is 0 Å². The minimum atomic E-state index is -0.774. The van der Waals surface area contributed by atoms with Crippen molar-refractivity contribution in [3.05, 3.63) is 65.7 Å². The average Bonchev–Trinajstić information content (AvgIpc) is 3.17. The molecule has 1 unspecified atom stereocenters. The van der Waals surface area contributed by atoms with E-state index >= 15 is 0 Å². The van der Waals surface area contributed by atoms with Crippen LogP contribution in [0.1, 0.15) is 49.3 Å². The Morgan fingerprint density at radius 3 is 2.59 bits per heavy atom. The van der Waals surface area contributed by atoms with Crippen LogP contribution >= 0.6 is 0 Å². The summed E-state index contributed by atoms with van der Waals surface area (Å²) in [7, 11) is 0. The fourth-order valence-electron chi connectivity index (χ4n) is 3.18. The lowest BCUT2D eigenvalue weighted by atomic mass is 10.1. The molecule has 0 radical (unpaired) electrons. The van der Waals surface area contributed by atoms with E-state index in [1.165, 1.54) is 10.7 Å². The second kappa shape index (κ2) is 9.43. The lowest BCUT2D eigenvalue weighted by Gasteiger charge is -2.17. The van der Waals surface area contributed by atoms with Crippen LogP contribution in [0.25, 0.3) is 17.1 Å². The van der Waals surface area contributed by atoms with Gasteiger partial charge in [-0.3, -0.25) is 4.79 Å². The van der Waals surface area contributed by atoms with Crippen molar-refractivity contribution >= 4 is 5.91 Å². The number of carbonyl (C=O) groups excluding carboxylic acids is 1. The highest BCUT2D eigenvalue weighted by molar-refractivity contribution is 5.89. The standard InChI is InChI=1S/C22H25FN4O2/c1-3-9-16(4-2)29-14-15-10-5-8-13-19(15)27-22(25-21(26-27)20(24)28)17-11-6-7-12-18(17)23/h5-8,10-13,16H,3-4,9,14H2,1-2H3,(H2,24,28). The summed E-state index contributed by atoms with van der Waals surface area (Å²) in [5.41, 5.74) is 7.14. The Hall–Kier alpha value is -3.06. The molecule has 3 rings (SSSR count). The first-order chi connectivity index (χ1) is 14.0. The van der Waals surface area contributed by atoms with Crippen molar-refractivity contribution in [3.63, 3.8) is 0 Å². The molecule has 0 aliphatic carbocycles. The highest BCUT2D eigenvalue weighted by atomic mass is 19.1. The Labute approximate surface area is 169 Å². The number of nitrogens with zero attached hydrogens (tertiary/aromatic N) is 3. The summed E-state index contributed by atoms with van der Waals surface area (Å²) < 4.78 is 22.0. The van der Waals surface area contributed by atoms with Crippen LogP contribution in [-0.2, 0) is 11.3 Å². The third-order valence-electron chi connectivity index (χ3n) is 4.70. The minimum Gasteiger partial charge on any atom is -0.373 e. The number of ether oxygens (including phenoxy) is 1. The summed E-state index contributed by atoms with van der Waals surface area (Å²) in [5, 5.41) is 4.25. The number of aromatic nitrogens is 3. The number of benzene rings is 2. The van der Waals surface area contributed by atoms with Crippen LogP contribution in [-0.4, -0.2) is 26.8 Å². The lowest BCUT2D eigenvalue weighted by molar-refractivity contribution is 0.0321. The molecule has 0 fully saturated rings. The Bertz CT molecular complexity index is 986. The van der Waals surface area contributed by atoms with E-state index in [0.29, 0.717) is 12.3 Å². The normalized spacial score (nSPS) is 12.1. The van der Waals surface area contributed by atoms with Crippen molar-refractivity contribution in [2.45, 2.75) is 45.8 Å². The zero-order valence-corrected chi connectivity index (χ0v) is 16.6. The van der Waals surface area contributed by atoms with Gasteiger partial charge in [0.2, 0.25) is 5.82 Å². The van der Waals surface area contributed by atoms with Gasteiger partial charge in [-0.05, 0) is 31.0 Å². The van der Waals surface area contributed by atoms with E-state index in [4.69, 9.17) is 10.5 Å². The molecule has 1 heterocycles. The van der Waals surface area contributed by atoms with Crippen molar-refractivity contribution in [1.82, 2.24) is 14.8 Å². The van der Waals surface area contributed by atoms with Gasteiger partial charge in [-0.25, -0.2) is 14.1 Å². The van der Waals surface area contributed by atoms with E-state index < -0.39 is 11.7 Å². The highest BCUT2D eigenvalue weighted by Crippen LogP contribution is 2.26. The molecular formula is C22H25FN4O2. The van der Waals surface area contributed by atoms with Crippen molar-refractivity contribution in [1.29, 1.82) is 0 Å². The molecule has 0 aliphatic rings. The topological polar surface area (TPSA) is 83.0 Å². The summed E-state index contributed by atoms with van der Waals surface area (Å²) >= 11 is 0. The number of primary amides is 1. The first kappa shape index (κ1) is 20.7. The maximum Gasteiger partial charge on any atom is 0.288 e. The van der Waals surface area contributed by atoms with Crippen LogP contribution in [0.15, 0.2) is 48.5 Å². The molecule has 6 nitrogen and oxygen atoms in total. The molecule has 0 saturated heterocycles. The van der Waals surface area contributed by atoms with Gasteiger partial charge in [0, 0.05) is 5.56 Å². The number of hydrogen-bond acceptors (Lipinski definition) is 4. The molecule has 1 atom stereocenters. The summed E-state index contributed by atoms with van der Waals surface area (Å²) in [6.07, 6.45) is 3.11. The number of halogens is 1. The van der Waals surface area contributed by atoms with Gasteiger partial charge >= 0.3 is 0 Å². The predicted molar refractivity (Wildman–Crippen MR) is 109 cm³/mol. The van der Waals surface area contributed by atoms with Crippen LogP contribution in [0.5, 0.6) is 0 Å². The molecule has 152 valence electrons. The molecule has 2 N–H and O–H groups in total. The second-order valence-corrected chi connectivity index (χ2v) is 6.77. The molecule has 0 aliphatic heterocycles. The Balaban J connectivity index is 2.05. The average molecular weight is 396 g/mol. The fourth-order valence-corrected chi connectivity index (χ4v) is 3.18. The number of hydrogen-bond donors (Lipinski definition) is 1. The molecule has 0 bridgehead atoms. The SMILES string of the molecule is CCCC(CC)OCc1ccccc1-n1nc(C(N)=O)nc1-c1ccccc1F. The van der Waals surface area contributed by atoms with Crippen LogP contribution in [0.2, 0.25) is 0 Å². The van der Waals surface area contributed by atoms with E-state index in [1.807, 2.05) is 24.3 Å². The second-order valence-electron chi connectivity index (χ2n) is 6.77. The van der Waals surface area contributed by atoms with Gasteiger partial charge in [-0.1, -0.05) is 50.6 Å². The van der Waals surface area contributed by atoms with Gasteiger partial charge in [0.05, 0.1) is 24.0 Å². The molecule has 7 heteroatoms. The van der Waals surface area contributed by atoms with Crippen LogP contribution in [0.4, 0.5) is 4.39 Å². The van der Waals surface area contributed by atoms with Gasteiger partial charge in [0.15, 0.2) is 5.82 Å². The molecule has 29 heavy (non-hydrogen) atoms. The van der Waals surface area contributed by atoms with Gasteiger partial charge in [0.25, 0.3) is 5.91 Å². The first-order valence-electron chi connectivity index (χ1n) is 9.76. The lowest BCUT2D eigenvalue weighted by Crippen LogP contribution is -2.14. The van der Waals surface area contributed by atoms with Crippen molar-refractivity contribution in [2.24, 2.45) is 5.73 Å². The zero-order valence-electron chi connectivity index (χ0n) is 16.6. The predicted octanol–water partition coefficient (Wildman–Crippen LogP) is 4.27. The van der Waals surface area contributed by atoms with Crippen molar-refractivity contribution in [2.75, 3.05) is 0 Å². The van der Waals surface area contributed by atoms with E-state index in [0.717, 1.165) is 24.8 Å². The molecule has 1 aromatic heterocycles. The van der Waals surface area contributed by atoms with E-state index in [-0.39, 0.29) is 23.3 Å². The minimum absolute atomic E-state index is 0.163. The molecule has 3 aromatic rings. The third kappa shape index (κ3) is 4.68. The highest BCUT2D eigenvalue weighted by Gasteiger charge is 2.21. The van der Waals surface area contributed by atoms with Gasteiger partial charge in [0.1, 0.15) is 5.82 Å².